The van der Waals surface area contributed by atoms with Crippen molar-refractivity contribution >= 4 is 22.7 Å². The molecule has 5 nitrogen and oxygen atoms in total. The Balaban J connectivity index is 2.69. The molecule has 0 fully saturated rings. The normalized spacial score (nSPS) is 11.5. The van der Waals surface area contributed by atoms with E-state index in [1.165, 1.54) is 24.3 Å². The smallest absolute Gasteiger partial charge is 0.238 e. The van der Waals surface area contributed by atoms with Gasteiger partial charge in [0.1, 0.15) is 6.42 Å². The van der Waals surface area contributed by atoms with Gasteiger partial charge in [0, 0.05) is 5.69 Å². The molecule has 1 rings (SSSR count). The maximum Gasteiger partial charge on any atom is 0.238 e. The van der Waals surface area contributed by atoms with Crippen LogP contribution in [0.2, 0.25) is 0 Å². The fraction of sp³-hybridized carbons (Fsp3) is 0.111. The summed E-state index contributed by atoms with van der Waals surface area (Å²) in [5.74, 6) is -0.407. The number of nitrogens with one attached hydrogen (secondary N) is 1. The van der Waals surface area contributed by atoms with Crippen LogP contribution in [-0.2, 0) is 15.9 Å². The van der Waals surface area contributed by atoms with Crippen molar-refractivity contribution in [2.24, 2.45) is 0 Å². The second-order valence-electron chi connectivity index (χ2n) is 2.66. The van der Waals surface area contributed by atoms with E-state index in [-0.39, 0.29) is 11.3 Å². The first-order chi connectivity index (χ1) is 7.13. The summed E-state index contributed by atoms with van der Waals surface area (Å²) in [6, 6.07) is 7.57. The molecule has 1 amide bonds. The van der Waals surface area contributed by atoms with E-state index in [1.807, 2.05) is 0 Å². The summed E-state index contributed by atoms with van der Waals surface area (Å²) in [6.07, 6.45) is -0.215. The van der Waals surface area contributed by atoms with Gasteiger partial charge in [0.05, 0.1) is 11.0 Å². The number of nitrogens with zero attached hydrogens (tertiary/aromatic N) is 1. The zero-order chi connectivity index (χ0) is 11.3. The second kappa shape index (κ2) is 5.24. The molecule has 15 heavy (non-hydrogen) atoms. The molecular formula is C9H8N2O3S. The molecule has 1 atom stereocenters. The van der Waals surface area contributed by atoms with Crippen LogP contribution in [0.1, 0.15) is 6.42 Å². The zero-order valence-corrected chi connectivity index (χ0v) is 8.45. The molecule has 0 bridgehead atoms. The third-order valence-corrected chi connectivity index (χ3v) is 2.25. The van der Waals surface area contributed by atoms with Crippen LogP contribution in [0.4, 0.5) is 5.69 Å². The van der Waals surface area contributed by atoms with E-state index in [0.717, 1.165) is 0 Å². The van der Waals surface area contributed by atoms with Crippen molar-refractivity contribution in [3.63, 3.8) is 0 Å². The molecular weight excluding hydrogens is 216 g/mol. The van der Waals surface area contributed by atoms with Crippen LogP contribution in [0.25, 0.3) is 0 Å². The first kappa shape index (κ1) is 11.4. The Kier molecular flexibility index (Phi) is 3.97. The van der Waals surface area contributed by atoms with E-state index in [1.54, 1.807) is 6.07 Å². The molecule has 0 aromatic heterocycles. The van der Waals surface area contributed by atoms with Gasteiger partial charge in [-0.05, 0) is 24.3 Å². The van der Waals surface area contributed by atoms with Gasteiger partial charge >= 0.3 is 0 Å². The number of nitriles is 1. The Bertz CT molecular complexity index is 422. The monoisotopic (exact) mass is 224 g/mol. The number of hydrogen-bond acceptors (Lipinski definition) is 3. The molecule has 0 aliphatic heterocycles. The summed E-state index contributed by atoms with van der Waals surface area (Å²) >= 11 is -2.02. The Hall–Kier alpha value is -1.71. The molecule has 1 aromatic rings. The first-order valence-corrected chi connectivity index (χ1v) is 5.12. The van der Waals surface area contributed by atoms with Crippen LogP contribution in [0.3, 0.4) is 0 Å². The molecule has 6 heteroatoms. The van der Waals surface area contributed by atoms with Crippen molar-refractivity contribution in [3.8, 4) is 6.07 Å². The van der Waals surface area contributed by atoms with Crippen LogP contribution in [0.15, 0.2) is 29.2 Å². The molecule has 2 N–H and O–H groups in total. The standard InChI is InChI=1S/C9H8N2O3S/c10-6-5-9(12)11-7-1-3-8(4-2-7)15(13)14/h1-4H,5H2,(H,11,12)(H,13,14). The average molecular weight is 224 g/mol. The lowest BCUT2D eigenvalue weighted by Gasteiger charge is -2.02. The van der Waals surface area contributed by atoms with E-state index in [0.29, 0.717) is 5.69 Å². The molecule has 0 heterocycles. The lowest BCUT2D eigenvalue weighted by molar-refractivity contribution is -0.115. The molecule has 0 saturated carbocycles. The van der Waals surface area contributed by atoms with Gasteiger partial charge in [-0.1, -0.05) is 0 Å². The number of benzene rings is 1. The highest BCUT2D eigenvalue weighted by atomic mass is 32.2. The van der Waals surface area contributed by atoms with Gasteiger partial charge in [0.15, 0.2) is 11.1 Å². The minimum absolute atomic E-state index is 0.215. The highest BCUT2D eigenvalue weighted by Crippen LogP contribution is 2.11. The second-order valence-corrected chi connectivity index (χ2v) is 3.63. The van der Waals surface area contributed by atoms with Gasteiger partial charge < -0.3 is 9.87 Å². The lowest BCUT2D eigenvalue weighted by atomic mass is 10.3. The van der Waals surface area contributed by atoms with Crippen molar-refractivity contribution in [3.05, 3.63) is 24.3 Å². The Morgan fingerprint density at radius 1 is 1.47 bits per heavy atom. The fourth-order valence-corrected chi connectivity index (χ4v) is 1.30. The van der Waals surface area contributed by atoms with Crippen LogP contribution < -0.4 is 5.32 Å². The largest absolute Gasteiger partial charge is 0.325 e. The highest BCUT2D eigenvalue weighted by Gasteiger charge is 2.02. The maximum atomic E-state index is 11.0. The average Bonchev–Trinajstić information content (AvgIpc) is 2.18. The fourth-order valence-electron chi connectivity index (χ4n) is 0.932. The van der Waals surface area contributed by atoms with Crippen LogP contribution >= 0.6 is 0 Å². The van der Waals surface area contributed by atoms with Crippen LogP contribution in [0.5, 0.6) is 0 Å². The van der Waals surface area contributed by atoms with E-state index in [4.69, 9.17) is 9.81 Å². The number of anilines is 1. The van der Waals surface area contributed by atoms with E-state index in [2.05, 4.69) is 5.32 Å². The predicted molar refractivity (Wildman–Crippen MR) is 54.3 cm³/mol. The van der Waals surface area contributed by atoms with Crippen molar-refractivity contribution < 1.29 is 13.6 Å². The predicted octanol–water partition coefficient (Wildman–Crippen LogP) is 1.12. The molecule has 0 spiro atoms. The highest BCUT2D eigenvalue weighted by molar-refractivity contribution is 7.79. The van der Waals surface area contributed by atoms with Gasteiger partial charge in [-0.2, -0.15) is 5.26 Å². The van der Waals surface area contributed by atoms with E-state index >= 15 is 0 Å². The Morgan fingerprint density at radius 3 is 2.53 bits per heavy atom. The molecule has 0 aliphatic rings. The molecule has 0 radical (unpaired) electrons. The number of carbonyl (C=O) groups is 1. The lowest BCUT2D eigenvalue weighted by Crippen LogP contribution is -2.09. The third kappa shape index (κ3) is 3.50. The van der Waals surface area contributed by atoms with Crippen LogP contribution in [0, 0.1) is 11.3 Å². The van der Waals surface area contributed by atoms with Crippen molar-refractivity contribution in [1.82, 2.24) is 0 Å². The number of carbonyl (C=O) groups excluding carboxylic acids is 1. The minimum atomic E-state index is -2.02. The summed E-state index contributed by atoms with van der Waals surface area (Å²) < 4.78 is 19.3. The number of amides is 1. The van der Waals surface area contributed by atoms with Gasteiger partial charge in [-0.25, -0.2) is 4.21 Å². The van der Waals surface area contributed by atoms with Crippen molar-refractivity contribution in [1.29, 1.82) is 5.26 Å². The molecule has 78 valence electrons. The zero-order valence-electron chi connectivity index (χ0n) is 7.64. The quantitative estimate of drug-likeness (QED) is 0.753. The van der Waals surface area contributed by atoms with E-state index < -0.39 is 17.0 Å². The maximum absolute atomic E-state index is 11.0. The van der Waals surface area contributed by atoms with Gasteiger partial charge in [-0.3, -0.25) is 4.79 Å². The number of rotatable bonds is 3. The van der Waals surface area contributed by atoms with Crippen molar-refractivity contribution in [2.45, 2.75) is 11.3 Å². The summed E-state index contributed by atoms with van der Waals surface area (Å²) in [6.45, 7) is 0. The molecule has 0 saturated heterocycles. The van der Waals surface area contributed by atoms with Crippen LogP contribution in [-0.4, -0.2) is 14.7 Å². The Morgan fingerprint density at radius 2 is 2.07 bits per heavy atom. The molecule has 1 aromatic carbocycles. The van der Waals surface area contributed by atoms with Gasteiger partial charge in [-0.15, -0.1) is 0 Å². The van der Waals surface area contributed by atoms with Crippen molar-refractivity contribution in [2.75, 3.05) is 5.32 Å². The van der Waals surface area contributed by atoms with Gasteiger partial charge in [0.2, 0.25) is 5.91 Å². The summed E-state index contributed by atoms with van der Waals surface area (Å²) in [4.78, 5) is 11.2. The SMILES string of the molecule is N#CCC(=O)Nc1ccc(S(=O)O)cc1. The topological polar surface area (TPSA) is 90.2 Å². The summed E-state index contributed by atoms with van der Waals surface area (Å²) in [5.41, 5.74) is 0.490. The van der Waals surface area contributed by atoms with Gasteiger partial charge in [0.25, 0.3) is 0 Å². The number of hydrogen-bond donors (Lipinski definition) is 2. The molecule has 1 unspecified atom stereocenters. The van der Waals surface area contributed by atoms with E-state index in [9.17, 15) is 9.00 Å². The molecule has 0 aliphatic carbocycles. The Labute approximate surface area is 89.0 Å². The first-order valence-electron chi connectivity index (χ1n) is 4.01. The minimum Gasteiger partial charge on any atom is -0.325 e. The summed E-state index contributed by atoms with van der Waals surface area (Å²) in [5, 5.41) is 10.7. The third-order valence-electron chi connectivity index (χ3n) is 1.58. The summed E-state index contributed by atoms with van der Waals surface area (Å²) in [7, 11) is 0.